The van der Waals surface area contributed by atoms with Crippen LogP contribution in [0.25, 0.3) is 16.7 Å². The normalized spacial score (nSPS) is 17.8. The van der Waals surface area contributed by atoms with Gasteiger partial charge in [0.15, 0.2) is 5.17 Å². The Balaban J connectivity index is 1.93. The summed E-state index contributed by atoms with van der Waals surface area (Å²) in [6.07, 6.45) is 6.00. The molecule has 0 spiro atoms. The van der Waals surface area contributed by atoms with Crippen LogP contribution in [0.4, 0.5) is 0 Å². The lowest BCUT2D eigenvalue weighted by Crippen LogP contribution is -2.20. The van der Waals surface area contributed by atoms with E-state index in [-0.39, 0.29) is 0 Å². The zero-order valence-corrected chi connectivity index (χ0v) is 14.2. The van der Waals surface area contributed by atoms with Gasteiger partial charge in [0, 0.05) is 17.5 Å². The third-order valence-electron chi connectivity index (χ3n) is 3.69. The number of nitrogens with zero attached hydrogens (tertiary/aromatic N) is 2. The van der Waals surface area contributed by atoms with Crippen LogP contribution in [-0.2, 0) is 0 Å². The van der Waals surface area contributed by atoms with E-state index in [0.29, 0.717) is 0 Å². The van der Waals surface area contributed by atoms with Crippen molar-refractivity contribution in [3.05, 3.63) is 34.3 Å². The average Bonchev–Trinajstić information content (AvgIpc) is 3.20. The van der Waals surface area contributed by atoms with Crippen LogP contribution in [0.3, 0.4) is 0 Å². The quantitative estimate of drug-likeness (QED) is 0.767. The van der Waals surface area contributed by atoms with Gasteiger partial charge in [-0.25, -0.2) is 0 Å². The van der Waals surface area contributed by atoms with Gasteiger partial charge >= 0.3 is 0 Å². The fourth-order valence-corrected chi connectivity index (χ4v) is 5.21. The third kappa shape index (κ3) is 2.04. The summed E-state index contributed by atoms with van der Waals surface area (Å²) >= 11 is 5.31. The first kappa shape index (κ1) is 13.7. The molecule has 2 aliphatic rings. The number of hydrogen-bond donors (Lipinski definition) is 0. The number of aliphatic imine (C=N–C) groups is 1. The first-order valence-corrected chi connectivity index (χ1v) is 9.92. The minimum Gasteiger partial charge on any atom is -0.463 e. The molecular formula is C15H14N2OS3. The molecule has 1 aromatic carbocycles. The smallest absolute Gasteiger partial charge is 0.169 e. The molecule has 0 atom stereocenters. The summed E-state index contributed by atoms with van der Waals surface area (Å²) in [6, 6.07) is 6.45. The molecule has 0 saturated carbocycles. The molecule has 108 valence electrons. The van der Waals surface area contributed by atoms with E-state index in [1.807, 2.05) is 0 Å². The lowest BCUT2D eigenvalue weighted by Gasteiger charge is -2.18. The maximum atomic E-state index is 5.71. The SMILES string of the molecule is CSC1=C(c2ccc(SC)c3occc23)N2CCN=C2S1. The van der Waals surface area contributed by atoms with Gasteiger partial charge in [-0.15, -0.1) is 23.5 Å². The molecule has 0 saturated heterocycles. The summed E-state index contributed by atoms with van der Waals surface area (Å²) in [6.45, 7) is 1.87. The van der Waals surface area contributed by atoms with Gasteiger partial charge in [0.1, 0.15) is 5.58 Å². The largest absolute Gasteiger partial charge is 0.463 e. The van der Waals surface area contributed by atoms with Gasteiger partial charge in [-0.05, 0) is 36.4 Å². The lowest BCUT2D eigenvalue weighted by molar-refractivity contribution is 0.608. The molecule has 0 bridgehead atoms. The predicted molar refractivity (Wildman–Crippen MR) is 95.0 cm³/mol. The Bertz CT molecular complexity index is 778. The van der Waals surface area contributed by atoms with Crippen LogP contribution in [-0.4, -0.2) is 35.7 Å². The molecule has 2 aliphatic heterocycles. The van der Waals surface area contributed by atoms with Gasteiger partial charge in [0.25, 0.3) is 0 Å². The highest BCUT2D eigenvalue weighted by molar-refractivity contribution is 8.30. The standard InChI is InChI=1S/C15H14N2OS3/c1-19-11-4-3-9(10-5-8-18-13(10)11)12-14(20-2)21-15-16-6-7-17(12)15/h3-5,8H,6-7H2,1-2H3. The van der Waals surface area contributed by atoms with E-state index in [1.165, 1.54) is 25.8 Å². The van der Waals surface area contributed by atoms with E-state index in [1.54, 1.807) is 41.5 Å². The van der Waals surface area contributed by atoms with Crippen LogP contribution in [0.5, 0.6) is 0 Å². The zero-order chi connectivity index (χ0) is 14.4. The molecule has 0 fully saturated rings. The monoisotopic (exact) mass is 334 g/mol. The van der Waals surface area contributed by atoms with Crippen molar-refractivity contribution in [3.63, 3.8) is 0 Å². The van der Waals surface area contributed by atoms with Gasteiger partial charge in [0.05, 0.1) is 27.6 Å². The van der Waals surface area contributed by atoms with Crippen molar-refractivity contribution >= 4 is 57.1 Å². The molecule has 21 heavy (non-hydrogen) atoms. The number of furan rings is 1. The highest BCUT2D eigenvalue weighted by Crippen LogP contribution is 2.48. The summed E-state index contributed by atoms with van der Waals surface area (Å²) in [7, 11) is 0. The Morgan fingerprint density at radius 1 is 1.24 bits per heavy atom. The van der Waals surface area contributed by atoms with Crippen molar-refractivity contribution < 1.29 is 4.42 Å². The first-order chi connectivity index (χ1) is 10.3. The van der Waals surface area contributed by atoms with E-state index in [0.717, 1.165) is 23.8 Å². The first-order valence-electron chi connectivity index (χ1n) is 6.66. The Morgan fingerprint density at radius 2 is 2.14 bits per heavy atom. The van der Waals surface area contributed by atoms with Crippen molar-refractivity contribution in [1.82, 2.24) is 4.90 Å². The number of hydrogen-bond acceptors (Lipinski definition) is 6. The topological polar surface area (TPSA) is 28.7 Å². The fourth-order valence-electron chi connectivity index (χ4n) is 2.76. The summed E-state index contributed by atoms with van der Waals surface area (Å²) in [5, 5.41) is 2.33. The summed E-state index contributed by atoms with van der Waals surface area (Å²) < 4.78 is 7.04. The molecule has 0 radical (unpaired) electrons. The second-order valence-electron chi connectivity index (χ2n) is 4.74. The van der Waals surface area contributed by atoms with Crippen LogP contribution < -0.4 is 0 Å². The molecule has 0 amide bonds. The zero-order valence-electron chi connectivity index (χ0n) is 11.8. The molecule has 0 unspecified atom stereocenters. The molecule has 0 aliphatic carbocycles. The van der Waals surface area contributed by atoms with Crippen molar-refractivity contribution in [2.75, 3.05) is 25.6 Å². The van der Waals surface area contributed by atoms with Crippen molar-refractivity contribution in [2.45, 2.75) is 4.90 Å². The summed E-state index contributed by atoms with van der Waals surface area (Å²) in [5.74, 6) is 0. The van der Waals surface area contributed by atoms with Crippen LogP contribution in [0.15, 0.2) is 43.0 Å². The number of benzene rings is 1. The lowest BCUT2D eigenvalue weighted by atomic mass is 10.1. The van der Waals surface area contributed by atoms with E-state index in [4.69, 9.17) is 4.42 Å². The number of rotatable bonds is 3. The molecule has 1 aromatic heterocycles. The Hall–Kier alpha value is -0.980. The van der Waals surface area contributed by atoms with Crippen molar-refractivity contribution in [3.8, 4) is 0 Å². The molecule has 3 heterocycles. The van der Waals surface area contributed by atoms with E-state index < -0.39 is 0 Å². The van der Waals surface area contributed by atoms with Gasteiger partial charge in [-0.1, -0.05) is 6.07 Å². The maximum Gasteiger partial charge on any atom is 0.169 e. The van der Waals surface area contributed by atoms with Crippen LogP contribution in [0.1, 0.15) is 5.56 Å². The average molecular weight is 334 g/mol. The van der Waals surface area contributed by atoms with E-state index >= 15 is 0 Å². The van der Waals surface area contributed by atoms with Crippen molar-refractivity contribution in [1.29, 1.82) is 0 Å². The highest BCUT2D eigenvalue weighted by Gasteiger charge is 2.33. The minimum absolute atomic E-state index is 0.894. The van der Waals surface area contributed by atoms with E-state index in [9.17, 15) is 0 Å². The maximum absolute atomic E-state index is 5.71. The third-order valence-corrected chi connectivity index (χ3v) is 6.68. The summed E-state index contributed by atoms with van der Waals surface area (Å²) in [5.41, 5.74) is 3.53. The molecular weight excluding hydrogens is 320 g/mol. The number of amidine groups is 1. The Kier molecular flexibility index (Phi) is 3.47. The second kappa shape index (κ2) is 5.34. The molecule has 4 rings (SSSR count). The van der Waals surface area contributed by atoms with Crippen molar-refractivity contribution in [2.24, 2.45) is 4.99 Å². The number of fused-ring (bicyclic) bond motifs is 2. The fraction of sp³-hybridized carbons (Fsp3) is 0.267. The highest BCUT2D eigenvalue weighted by atomic mass is 32.2. The van der Waals surface area contributed by atoms with Gasteiger partial charge in [-0.3, -0.25) is 4.99 Å². The van der Waals surface area contributed by atoms with Crippen LogP contribution >= 0.6 is 35.3 Å². The van der Waals surface area contributed by atoms with Gasteiger partial charge < -0.3 is 9.32 Å². The Labute approximate surface area is 136 Å². The minimum atomic E-state index is 0.894. The molecule has 2 aromatic rings. The van der Waals surface area contributed by atoms with Gasteiger partial charge in [0.2, 0.25) is 0 Å². The summed E-state index contributed by atoms with van der Waals surface area (Å²) in [4.78, 5) is 8.13. The predicted octanol–water partition coefficient (Wildman–Crippen LogP) is 4.56. The van der Waals surface area contributed by atoms with Crippen LogP contribution in [0, 0.1) is 0 Å². The second-order valence-corrected chi connectivity index (χ2v) is 7.64. The molecule has 6 heteroatoms. The molecule has 3 nitrogen and oxygen atoms in total. The number of thioether (sulfide) groups is 3. The van der Waals surface area contributed by atoms with E-state index in [2.05, 4.69) is 40.6 Å². The van der Waals surface area contributed by atoms with Crippen LogP contribution in [0.2, 0.25) is 0 Å². The Morgan fingerprint density at radius 3 is 2.95 bits per heavy atom. The van der Waals surface area contributed by atoms with Gasteiger partial charge in [-0.2, -0.15) is 0 Å². The molecule has 0 N–H and O–H groups in total.